The van der Waals surface area contributed by atoms with Crippen molar-refractivity contribution in [3.8, 4) is 5.88 Å². The van der Waals surface area contributed by atoms with Gasteiger partial charge in [0.1, 0.15) is 6.61 Å². The summed E-state index contributed by atoms with van der Waals surface area (Å²) in [5.74, 6) is 0.561. The van der Waals surface area contributed by atoms with E-state index in [1.165, 1.54) is 5.56 Å². The first-order chi connectivity index (χ1) is 14.3. The third-order valence-corrected chi connectivity index (χ3v) is 5.90. The van der Waals surface area contributed by atoms with Crippen molar-refractivity contribution < 1.29 is 14.0 Å². The average molecular weight is 401 g/mol. The molecule has 0 N–H and O–H groups in total. The minimum absolute atomic E-state index is 0.420. The Kier molecular flexibility index (Phi) is 5.67. The van der Waals surface area contributed by atoms with Gasteiger partial charge in [-0.25, -0.2) is 4.98 Å². The van der Waals surface area contributed by atoms with Crippen LogP contribution in [0.1, 0.15) is 44.5 Å². The first-order valence-electron chi connectivity index (χ1n) is 10.4. The topological polar surface area (TPSA) is 40.6 Å². The van der Waals surface area contributed by atoms with Crippen LogP contribution in [0.3, 0.4) is 0 Å². The quantitative estimate of drug-likeness (QED) is 0.569. The molecule has 0 amide bonds. The average Bonchev–Trinajstić information content (AvgIpc) is 2.95. The molecule has 1 aromatic heterocycles. The Morgan fingerprint density at radius 2 is 1.33 bits per heavy atom. The maximum Gasteiger partial charge on any atom is 0.500 e. The zero-order valence-electron chi connectivity index (χ0n) is 18.1. The number of ether oxygens (including phenoxy) is 1. The van der Waals surface area contributed by atoms with Gasteiger partial charge in [0.15, 0.2) is 0 Å². The first kappa shape index (κ1) is 20.6. The number of pyridine rings is 1. The molecule has 1 aliphatic heterocycles. The molecule has 0 radical (unpaired) electrons. The van der Waals surface area contributed by atoms with Crippen LogP contribution in [0.25, 0.3) is 0 Å². The lowest BCUT2D eigenvalue weighted by Gasteiger charge is -2.32. The molecule has 0 atom stereocenters. The molecule has 4 rings (SSSR count). The number of rotatable bonds is 6. The van der Waals surface area contributed by atoms with Crippen LogP contribution in [0.2, 0.25) is 0 Å². The van der Waals surface area contributed by atoms with Crippen molar-refractivity contribution in [3.63, 3.8) is 0 Å². The van der Waals surface area contributed by atoms with Crippen LogP contribution in [0.4, 0.5) is 0 Å². The molecule has 1 aliphatic rings. The van der Waals surface area contributed by atoms with Crippen molar-refractivity contribution in [3.05, 3.63) is 89.6 Å². The van der Waals surface area contributed by atoms with Gasteiger partial charge in [-0.05, 0) is 44.9 Å². The van der Waals surface area contributed by atoms with Gasteiger partial charge in [-0.2, -0.15) is 0 Å². The zero-order valence-corrected chi connectivity index (χ0v) is 18.1. The zero-order chi connectivity index (χ0) is 21.2. The van der Waals surface area contributed by atoms with Gasteiger partial charge in [-0.1, -0.05) is 66.7 Å². The van der Waals surface area contributed by atoms with Gasteiger partial charge in [0.25, 0.3) is 0 Å². The van der Waals surface area contributed by atoms with Crippen LogP contribution in [0, 0.1) is 0 Å². The summed E-state index contributed by atoms with van der Waals surface area (Å²) in [6.45, 7) is 8.64. The molecule has 3 aromatic rings. The van der Waals surface area contributed by atoms with Gasteiger partial charge < -0.3 is 14.0 Å². The lowest BCUT2D eigenvalue weighted by atomic mass is 9.79. The molecule has 0 spiro atoms. The summed E-state index contributed by atoms with van der Waals surface area (Å²) in [5.41, 5.74) is 3.23. The Bertz CT molecular complexity index is 974. The summed E-state index contributed by atoms with van der Waals surface area (Å²) in [7, 11) is -0.515. The van der Waals surface area contributed by atoms with Crippen molar-refractivity contribution in [2.24, 2.45) is 0 Å². The Morgan fingerprint density at radius 1 is 0.767 bits per heavy atom. The van der Waals surface area contributed by atoms with Crippen LogP contribution in [0.5, 0.6) is 5.88 Å². The van der Waals surface area contributed by atoms with Gasteiger partial charge in [-0.15, -0.1) is 0 Å². The normalized spacial score (nSPS) is 17.1. The fraction of sp³-hybridized carbons (Fsp3) is 0.320. The van der Waals surface area contributed by atoms with E-state index < -0.39 is 18.3 Å². The van der Waals surface area contributed by atoms with E-state index in [0.717, 1.165) is 23.1 Å². The Balaban J connectivity index is 1.63. The minimum atomic E-state index is -0.515. The second-order valence-electron chi connectivity index (χ2n) is 8.72. The number of benzene rings is 2. The maximum atomic E-state index is 6.26. The molecule has 2 heterocycles. The fourth-order valence-electron chi connectivity index (χ4n) is 3.38. The molecule has 0 bridgehead atoms. The van der Waals surface area contributed by atoms with E-state index in [9.17, 15) is 0 Å². The molecule has 4 nitrogen and oxygen atoms in total. The Labute approximate surface area is 179 Å². The van der Waals surface area contributed by atoms with E-state index in [-0.39, 0.29) is 0 Å². The maximum absolute atomic E-state index is 6.26. The number of hydrogen-bond acceptors (Lipinski definition) is 4. The molecule has 30 heavy (non-hydrogen) atoms. The summed E-state index contributed by atoms with van der Waals surface area (Å²) < 4.78 is 18.7. The molecule has 0 saturated carbocycles. The Hall–Kier alpha value is -2.63. The second-order valence-corrected chi connectivity index (χ2v) is 8.72. The third kappa shape index (κ3) is 4.42. The summed E-state index contributed by atoms with van der Waals surface area (Å²) in [6.07, 6.45) is 0.742. The summed E-state index contributed by atoms with van der Waals surface area (Å²) in [5, 5.41) is 0. The van der Waals surface area contributed by atoms with Crippen molar-refractivity contribution >= 4 is 12.6 Å². The van der Waals surface area contributed by atoms with Crippen LogP contribution in [0.15, 0.2) is 72.8 Å². The monoisotopic (exact) mass is 401 g/mol. The summed E-state index contributed by atoms with van der Waals surface area (Å²) >= 11 is 0. The molecule has 154 valence electrons. The van der Waals surface area contributed by atoms with Crippen LogP contribution >= 0.6 is 0 Å². The van der Waals surface area contributed by atoms with Gasteiger partial charge in [0.2, 0.25) is 5.88 Å². The van der Waals surface area contributed by atoms with Gasteiger partial charge in [-0.3, -0.25) is 0 Å². The van der Waals surface area contributed by atoms with E-state index in [4.69, 9.17) is 19.0 Å². The highest BCUT2D eigenvalue weighted by Crippen LogP contribution is 2.37. The lowest BCUT2D eigenvalue weighted by Crippen LogP contribution is -2.41. The predicted molar refractivity (Wildman–Crippen MR) is 120 cm³/mol. The molecule has 0 aliphatic carbocycles. The van der Waals surface area contributed by atoms with E-state index in [2.05, 4.69) is 39.8 Å². The standard InChI is InChI=1S/C25H28BNO3/c1-24(2)25(3,4)30-26(29-24)22-16-15-21(17-19-11-7-5-8-12-19)27-23(22)28-18-20-13-9-6-10-14-20/h5-16H,17-18H2,1-4H3. The highest BCUT2D eigenvalue weighted by atomic mass is 16.7. The van der Waals surface area contributed by atoms with Crippen molar-refractivity contribution in [1.82, 2.24) is 4.98 Å². The smallest absolute Gasteiger partial charge is 0.473 e. The lowest BCUT2D eigenvalue weighted by molar-refractivity contribution is 0.00578. The van der Waals surface area contributed by atoms with E-state index in [1.807, 2.05) is 60.7 Å². The molecule has 1 saturated heterocycles. The van der Waals surface area contributed by atoms with E-state index in [0.29, 0.717) is 12.5 Å². The predicted octanol–water partition coefficient (Wildman–Crippen LogP) is 4.55. The van der Waals surface area contributed by atoms with Gasteiger partial charge >= 0.3 is 7.12 Å². The van der Waals surface area contributed by atoms with Crippen LogP contribution < -0.4 is 10.2 Å². The molecule has 0 unspecified atom stereocenters. The molecular weight excluding hydrogens is 373 g/mol. The second kappa shape index (κ2) is 8.25. The highest BCUT2D eigenvalue weighted by molar-refractivity contribution is 6.63. The highest BCUT2D eigenvalue weighted by Gasteiger charge is 2.52. The third-order valence-electron chi connectivity index (χ3n) is 5.90. The van der Waals surface area contributed by atoms with E-state index in [1.54, 1.807) is 0 Å². The largest absolute Gasteiger partial charge is 0.500 e. The fourth-order valence-corrected chi connectivity index (χ4v) is 3.38. The number of hydrogen-bond donors (Lipinski definition) is 0. The number of aromatic nitrogens is 1. The molecule has 1 fully saturated rings. The summed E-state index contributed by atoms with van der Waals surface area (Å²) in [4.78, 5) is 4.84. The minimum Gasteiger partial charge on any atom is -0.473 e. The molecule has 2 aromatic carbocycles. The summed E-state index contributed by atoms with van der Waals surface area (Å²) in [6, 6.07) is 24.5. The van der Waals surface area contributed by atoms with Crippen molar-refractivity contribution in [2.75, 3.05) is 0 Å². The van der Waals surface area contributed by atoms with Gasteiger partial charge in [0.05, 0.1) is 11.2 Å². The number of nitrogens with zero attached hydrogens (tertiary/aromatic N) is 1. The first-order valence-corrected chi connectivity index (χ1v) is 10.4. The molecule has 5 heteroatoms. The van der Waals surface area contributed by atoms with Crippen molar-refractivity contribution in [2.45, 2.75) is 51.9 Å². The van der Waals surface area contributed by atoms with E-state index >= 15 is 0 Å². The van der Waals surface area contributed by atoms with Crippen LogP contribution in [-0.4, -0.2) is 23.3 Å². The van der Waals surface area contributed by atoms with Crippen molar-refractivity contribution in [1.29, 1.82) is 0 Å². The SMILES string of the molecule is CC1(C)OB(c2ccc(Cc3ccccc3)nc2OCc2ccccc2)OC1(C)C. The Morgan fingerprint density at radius 3 is 1.93 bits per heavy atom. The van der Waals surface area contributed by atoms with Gasteiger partial charge in [0, 0.05) is 17.6 Å². The van der Waals surface area contributed by atoms with Crippen LogP contribution in [-0.2, 0) is 22.3 Å². The molecular formula is C25H28BNO3.